The summed E-state index contributed by atoms with van der Waals surface area (Å²) in [5.41, 5.74) is 3.90. The molecular formula is C26H40IN5O. The van der Waals surface area contributed by atoms with Gasteiger partial charge < -0.3 is 20.3 Å². The minimum absolute atomic E-state index is 0. The van der Waals surface area contributed by atoms with Gasteiger partial charge in [0.25, 0.3) is 0 Å². The molecule has 3 rings (SSSR count). The van der Waals surface area contributed by atoms with Crippen molar-refractivity contribution < 1.29 is 4.74 Å². The topological polar surface area (TPSA) is 52.1 Å². The molecule has 1 aliphatic heterocycles. The van der Waals surface area contributed by atoms with Crippen LogP contribution in [0, 0.1) is 0 Å². The number of ether oxygens (including phenoxy) is 1. The normalized spacial score (nSPS) is 15.2. The van der Waals surface area contributed by atoms with Gasteiger partial charge in [0.05, 0.1) is 19.7 Å². The van der Waals surface area contributed by atoms with Crippen molar-refractivity contribution in [1.82, 2.24) is 20.4 Å². The summed E-state index contributed by atoms with van der Waals surface area (Å²) < 4.78 is 5.35. The van der Waals surface area contributed by atoms with Crippen LogP contribution in [0.15, 0.2) is 53.5 Å². The first kappa shape index (κ1) is 27.4. The third kappa shape index (κ3) is 8.46. The average Bonchev–Trinajstić information content (AvgIpc) is 3.33. The van der Waals surface area contributed by atoms with Crippen molar-refractivity contribution in [3.8, 4) is 5.75 Å². The molecule has 0 radical (unpaired) electrons. The fourth-order valence-electron chi connectivity index (χ4n) is 4.24. The van der Waals surface area contributed by atoms with Gasteiger partial charge in [0.15, 0.2) is 5.96 Å². The highest BCUT2D eigenvalue weighted by Crippen LogP contribution is 2.26. The smallest absolute Gasteiger partial charge is 0.191 e. The van der Waals surface area contributed by atoms with Gasteiger partial charge in [-0.05, 0) is 75.8 Å². The average molecular weight is 566 g/mol. The number of likely N-dealkylation sites (tertiary alicyclic amines) is 1. The van der Waals surface area contributed by atoms with E-state index >= 15 is 0 Å². The molecule has 0 aromatic heterocycles. The van der Waals surface area contributed by atoms with Gasteiger partial charge in [-0.1, -0.05) is 36.4 Å². The second-order valence-electron chi connectivity index (χ2n) is 8.61. The molecule has 0 spiro atoms. The van der Waals surface area contributed by atoms with Crippen molar-refractivity contribution in [1.29, 1.82) is 0 Å². The molecule has 0 saturated carbocycles. The molecule has 2 aromatic carbocycles. The van der Waals surface area contributed by atoms with Crippen LogP contribution in [0.2, 0.25) is 0 Å². The Balaban J connectivity index is 0.00000385. The largest absolute Gasteiger partial charge is 0.497 e. The van der Waals surface area contributed by atoms with Crippen LogP contribution in [0.25, 0.3) is 0 Å². The second-order valence-corrected chi connectivity index (χ2v) is 8.61. The van der Waals surface area contributed by atoms with Gasteiger partial charge in [-0.15, -0.1) is 24.0 Å². The molecule has 0 aliphatic carbocycles. The first-order chi connectivity index (χ1) is 15.6. The number of hydrogen-bond acceptors (Lipinski definition) is 4. The zero-order valence-electron chi connectivity index (χ0n) is 20.5. The Labute approximate surface area is 216 Å². The maximum absolute atomic E-state index is 5.35. The Hall–Kier alpha value is -1.84. The maximum atomic E-state index is 5.35. The van der Waals surface area contributed by atoms with Crippen LogP contribution in [0.1, 0.15) is 42.5 Å². The molecule has 1 fully saturated rings. The van der Waals surface area contributed by atoms with Crippen LogP contribution in [0.5, 0.6) is 5.75 Å². The van der Waals surface area contributed by atoms with Gasteiger partial charge in [-0.25, -0.2) is 4.99 Å². The lowest BCUT2D eigenvalue weighted by Crippen LogP contribution is -2.42. The van der Waals surface area contributed by atoms with Crippen LogP contribution in [0.3, 0.4) is 0 Å². The van der Waals surface area contributed by atoms with E-state index in [1.54, 1.807) is 7.11 Å². The van der Waals surface area contributed by atoms with E-state index < -0.39 is 0 Å². The number of halogens is 1. The van der Waals surface area contributed by atoms with E-state index in [2.05, 4.69) is 90.0 Å². The molecule has 182 valence electrons. The monoisotopic (exact) mass is 565 g/mol. The highest BCUT2D eigenvalue weighted by atomic mass is 127. The highest BCUT2D eigenvalue weighted by molar-refractivity contribution is 14.0. The number of benzene rings is 2. The molecule has 1 unspecified atom stereocenters. The van der Waals surface area contributed by atoms with Crippen LogP contribution >= 0.6 is 24.0 Å². The molecule has 2 aromatic rings. The number of rotatable bonds is 10. The summed E-state index contributed by atoms with van der Waals surface area (Å²) in [4.78, 5) is 9.68. The molecular weight excluding hydrogens is 525 g/mol. The first-order valence-corrected chi connectivity index (χ1v) is 11.7. The Morgan fingerprint density at radius 3 is 2.30 bits per heavy atom. The van der Waals surface area contributed by atoms with Crippen molar-refractivity contribution in [2.45, 2.75) is 38.9 Å². The lowest BCUT2D eigenvalue weighted by molar-refractivity contribution is 0.245. The van der Waals surface area contributed by atoms with Crippen molar-refractivity contribution in [2.24, 2.45) is 4.99 Å². The van der Waals surface area contributed by atoms with E-state index in [4.69, 9.17) is 9.73 Å². The van der Waals surface area contributed by atoms with Crippen LogP contribution < -0.4 is 15.4 Å². The number of aliphatic imine (C=N–C) groups is 1. The summed E-state index contributed by atoms with van der Waals surface area (Å²) in [6, 6.07) is 17.4. The minimum Gasteiger partial charge on any atom is -0.497 e. The molecule has 1 saturated heterocycles. The lowest BCUT2D eigenvalue weighted by Gasteiger charge is -2.29. The number of guanidine groups is 1. The van der Waals surface area contributed by atoms with Crippen molar-refractivity contribution in [3.05, 3.63) is 65.2 Å². The molecule has 1 atom stereocenters. The first-order valence-electron chi connectivity index (χ1n) is 11.7. The number of nitrogens with zero attached hydrogens (tertiary/aromatic N) is 3. The van der Waals surface area contributed by atoms with Crippen LogP contribution in [-0.2, 0) is 13.1 Å². The van der Waals surface area contributed by atoms with Gasteiger partial charge >= 0.3 is 0 Å². The maximum Gasteiger partial charge on any atom is 0.191 e. The fourth-order valence-corrected chi connectivity index (χ4v) is 4.24. The predicted octanol–water partition coefficient (Wildman–Crippen LogP) is 4.27. The molecule has 33 heavy (non-hydrogen) atoms. The Morgan fingerprint density at radius 1 is 1.03 bits per heavy atom. The highest BCUT2D eigenvalue weighted by Gasteiger charge is 2.23. The summed E-state index contributed by atoms with van der Waals surface area (Å²) in [5.74, 6) is 1.76. The second kappa shape index (κ2) is 14.4. The van der Waals surface area contributed by atoms with E-state index in [1.807, 2.05) is 0 Å². The zero-order valence-corrected chi connectivity index (χ0v) is 22.8. The Morgan fingerprint density at radius 2 is 1.70 bits per heavy atom. The molecule has 2 N–H and O–H groups in total. The summed E-state index contributed by atoms with van der Waals surface area (Å²) in [7, 11) is 5.91. The van der Waals surface area contributed by atoms with E-state index in [0.717, 1.165) is 44.4 Å². The third-order valence-corrected chi connectivity index (χ3v) is 5.90. The molecule has 1 heterocycles. The molecule has 0 amide bonds. The molecule has 6 nitrogen and oxygen atoms in total. The fraction of sp³-hybridized carbons (Fsp3) is 0.500. The summed E-state index contributed by atoms with van der Waals surface area (Å²) >= 11 is 0. The van der Waals surface area contributed by atoms with Gasteiger partial charge in [0, 0.05) is 19.6 Å². The number of methoxy groups -OCH3 is 1. The Kier molecular flexibility index (Phi) is 12.0. The van der Waals surface area contributed by atoms with E-state index in [9.17, 15) is 0 Å². The summed E-state index contributed by atoms with van der Waals surface area (Å²) in [5, 5.41) is 7.03. The summed E-state index contributed by atoms with van der Waals surface area (Å²) in [6.07, 6.45) is 2.53. The van der Waals surface area contributed by atoms with Gasteiger partial charge in [-0.3, -0.25) is 4.90 Å². The van der Waals surface area contributed by atoms with Gasteiger partial charge in [-0.2, -0.15) is 0 Å². The van der Waals surface area contributed by atoms with Crippen LogP contribution in [0.4, 0.5) is 0 Å². The van der Waals surface area contributed by atoms with E-state index in [0.29, 0.717) is 12.6 Å². The zero-order chi connectivity index (χ0) is 22.8. The van der Waals surface area contributed by atoms with Gasteiger partial charge in [0.2, 0.25) is 0 Å². The Bertz CT molecular complexity index is 850. The van der Waals surface area contributed by atoms with E-state index in [1.165, 1.54) is 29.5 Å². The van der Waals surface area contributed by atoms with Crippen LogP contribution in [-0.4, -0.2) is 63.1 Å². The summed E-state index contributed by atoms with van der Waals surface area (Å²) in [6.45, 7) is 7.63. The third-order valence-electron chi connectivity index (χ3n) is 5.90. The number of nitrogens with one attached hydrogen (secondary N) is 2. The van der Waals surface area contributed by atoms with E-state index in [-0.39, 0.29) is 24.0 Å². The quantitative estimate of drug-likeness (QED) is 0.256. The standard InChI is InChI=1S/C26H39N5O.HI/c1-5-27-26(28-18-22-10-6-7-11-23(22)20-30(2)3)29-19-25(31-16-8-9-17-31)21-12-14-24(32-4)15-13-21;/h6-7,10-15,25H,5,8-9,16-20H2,1-4H3,(H2,27,28,29);1H. The lowest BCUT2D eigenvalue weighted by atomic mass is 10.1. The van der Waals surface area contributed by atoms with Gasteiger partial charge in [0.1, 0.15) is 5.75 Å². The number of hydrogen-bond donors (Lipinski definition) is 2. The molecule has 0 bridgehead atoms. The van der Waals surface area contributed by atoms with Crippen molar-refractivity contribution >= 4 is 29.9 Å². The molecule has 7 heteroatoms. The van der Waals surface area contributed by atoms with Crippen molar-refractivity contribution in [3.63, 3.8) is 0 Å². The molecule has 1 aliphatic rings. The predicted molar refractivity (Wildman–Crippen MR) is 149 cm³/mol. The van der Waals surface area contributed by atoms with Crippen molar-refractivity contribution in [2.75, 3.05) is 47.4 Å². The SMILES string of the molecule is CCNC(=NCc1ccccc1CN(C)C)NCC(c1ccc(OC)cc1)N1CCCC1.I. The minimum atomic E-state index is 0.